The molecule has 0 radical (unpaired) electrons. The van der Waals surface area contributed by atoms with Gasteiger partial charge < -0.3 is 15.8 Å². The molecule has 1 unspecified atom stereocenters. The van der Waals surface area contributed by atoms with Gasteiger partial charge in [0.1, 0.15) is 0 Å². The van der Waals surface area contributed by atoms with Crippen LogP contribution in [0.15, 0.2) is 28.7 Å². The van der Waals surface area contributed by atoms with Crippen LogP contribution in [0, 0.1) is 0 Å². The third-order valence-electron chi connectivity index (χ3n) is 3.36. The minimum atomic E-state index is -1.25. The minimum Gasteiger partial charge on any atom is -0.427 e. The average molecular weight is 368 g/mol. The highest BCUT2D eigenvalue weighted by molar-refractivity contribution is 9.10. The van der Waals surface area contributed by atoms with Crippen LogP contribution in [0.4, 0.5) is 0 Å². The van der Waals surface area contributed by atoms with E-state index in [2.05, 4.69) is 31.5 Å². The van der Waals surface area contributed by atoms with Crippen molar-refractivity contribution in [2.75, 3.05) is 0 Å². The van der Waals surface area contributed by atoms with Crippen LogP contribution >= 0.6 is 15.9 Å². The van der Waals surface area contributed by atoms with Crippen LogP contribution in [0.3, 0.4) is 0 Å². The Balaban J connectivity index is 1.92. The van der Waals surface area contributed by atoms with E-state index in [0.717, 1.165) is 16.5 Å². The molecule has 0 saturated heterocycles. The Morgan fingerprint density at radius 2 is 1.95 bits per heavy atom. The van der Waals surface area contributed by atoms with E-state index >= 15 is 0 Å². The maximum atomic E-state index is 8.81. The summed E-state index contributed by atoms with van der Waals surface area (Å²) in [5.41, 5.74) is 7.23. The number of nitrogens with zero attached hydrogens (tertiary/aromatic N) is 4. The maximum Gasteiger partial charge on any atom is 0.451 e. The summed E-state index contributed by atoms with van der Waals surface area (Å²) in [6.45, 7) is 0.568. The highest BCUT2D eigenvalue weighted by Crippen LogP contribution is 2.17. The summed E-state index contributed by atoms with van der Waals surface area (Å²) in [4.78, 5) is 0. The Labute approximate surface area is 137 Å². The fourth-order valence-electron chi connectivity index (χ4n) is 2.17. The first-order valence-corrected chi connectivity index (χ1v) is 7.98. The van der Waals surface area contributed by atoms with Crippen LogP contribution in [0.2, 0.25) is 6.32 Å². The summed E-state index contributed by atoms with van der Waals surface area (Å²) in [5.74, 6) is 0.646. The first-order valence-electron chi connectivity index (χ1n) is 7.18. The van der Waals surface area contributed by atoms with E-state index in [0.29, 0.717) is 31.5 Å². The lowest BCUT2D eigenvalue weighted by atomic mass is 9.83. The van der Waals surface area contributed by atoms with Crippen LogP contribution in [-0.4, -0.2) is 37.4 Å². The van der Waals surface area contributed by atoms with Crippen molar-refractivity contribution in [3.05, 3.63) is 40.1 Å². The number of aromatic nitrogens is 4. The van der Waals surface area contributed by atoms with Gasteiger partial charge in [-0.15, -0.1) is 5.10 Å². The molecule has 1 aromatic carbocycles. The average Bonchev–Trinajstić information content (AvgIpc) is 2.94. The molecular weight excluding hydrogens is 349 g/mol. The van der Waals surface area contributed by atoms with E-state index < -0.39 is 7.12 Å². The second-order valence-electron chi connectivity index (χ2n) is 5.19. The molecule has 0 bridgehead atoms. The van der Waals surface area contributed by atoms with Crippen molar-refractivity contribution >= 4 is 23.0 Å². The number of benzene rings is 1. The summed E-state index contributed by atoms with van der Waals surface area (Å²) in [6, 6.07) is 7.69. The summed E-state index contributed by atoms with van der Waals surface area (Å²) in [5, 5.41) is 29.3. The Hall–Kier alpha value is -1.29. The zero-order chi connectivity index (χ0) is 15.9. The van der Waals surface area contributed by atoms with Crippen LogP contribution in [-0.2, 0) is 6.54 Å². The van der Waals surface area contributed by atoms with Gasteiger partial charge in [-0.2, -0.15) is 0 Å². The maximum absolute atomic E-state index is 8.81. The van der Waals surface area contributed by atoms with Gasteiger partial charge in [-0.05, 0) is 40.9 Å². The van der Waals surface area contributed by atoms with Gasteiger partial charge in [0.05, 0.1) is 12.6 Å². The summed E-state index contributed by atoms with van der Waals surface area (Å²) in [6.07, 6.45) is 2.56. The van der Waals surface area contributed by atoms with E-state index in [1.54, 1.807) is 4.68 Å². The van der Waals surface area contributed by atoms with Gasteiger partial charge in [-0.3, -0.25) is 0 Å². The summed E-state index contributed by atoms with van der Waals surface area (Å²) >= 11 is 3.40. The first-order chi connectivity index (χ1) is 10.6. The van der Waals surface area contributed by atoms with Gasteiger partial charge in [-0.25, -0.2) is 4.68 Å². The van der Waals surface area contributed by atoms with Crippen LogP contribution < -0.4 is 5.73 Å². The lowest BCUT2D eigenvalue weighted by Crippen LogP contribution is -2.18. The van der Waals surface area contributed by atoms with Crippen LogP contribution in [0.5, 0.6) is 0 Å². The zero-order valence-corrected chi connectivity index (χ0v) is 13.7. The fraction of sp³-hybridized carbons (Fsp3) is 0.462. The standard InChI is InChI=1S/C13H19BBrN5O2/c15-11-6-4-10(5-7-11)9-20-13(17-18-19-20)12(16)3-1-2-8-14(21)22/h4-7,12,21-22H,1-3,8-9,16H2. The zero-order valence-electron chi connectivity index (χ0n) is 12.1. The predicted molar refractivity (Wildman–Crippen MR) is 86.8 cm³/mol. The summed E-state index contributed by atoms with van der Waals surface area (Å²) in [7, 11) is -1.25. The molecule has 2 aromatic rings. The summed E-state index contributed by atoms with van der Waals surface area (Å²) < 4.78 is 2.73. The van der Waals surface area contributed by atoms with Gasteiger partial charge in [0.15, 0.2) is 5.82 Å². The molecule has 1 atom stereocenters. The Morgan fingerprint density at radius 3 is 2.64 bits per heavy atom. The van der Waals surface area contributed by atoms with Gasteiger partial charge >= 0.3 is 7.12 Å². The molecule has 0 aliphatic rings. The molecule has 118 valence electrons. The van der Waals surface area contributed by atoms with E-state index in [1.807, 2.05) is 24.3 Å². The van der Waals surface area contributed by atoms with E-state index in [-0.39, 0.29) is 6.04 Å². The van der Waals surface area contributed by atoms with Gasteiger partial charge in [0.25, 0.3) is 0 Å². The molecule has 0 spiro atoms. The SMILES string of the molecule is NC(CCCCB(O)O)c1nnnn1Cc1ccc(Br)cc1. The van der Waals surface area contributed by atoms with Gasteiger partial charge in [0.2, 0.25) is 0 Å². The molecule has 0 aliphatic heterocycles. The lowest BCUT2D eigenvalue weighted by Gasteiger charge is -2.11. The van der Waals surface area contributed by atoms with Crippen molar-refractivity contribution < 1.29 is 10.0 Å². The normalized spacial score (nSPS) is 12.4. The van der Waals surface area contributed by atoms with Crippen LogP contribution in [0.25, 0.3) is 0 Å². The minimum absolute atomic E-state index is 0.263. The van der Waals surface area contributed by atoms with Crippen molar-refractivity contribution in [3.8, 4) is 0 Å². The second-order valence-corrected chi connectivity index (χ2v) is 6.11. The number of rotatable bonds is 8. The Kier molecular flexibility index (Phi) is 6.50. The molecule has 4 N–H and O–H groups in total. The van der Waals surface area contributed by atoms with Crippen molar-refractivity contribution in [2.24, 2.45) is 5.73 Å². The number of tetrazole rings is 1. The fourth-order valence-corrected chi connectivity index (χ4v) is 2.44. The monoisotopic (exact) mass is 367 g/mol. The lowest BCUT2D eigenvalue weighted by molar-refractivity contribution is 0.400. The number of hydrogen-bond acceptors (Lipinski definition) is 6. The third-order valence-corrected chi connectivity index (χ3v) is 3.89. The Morgan fingerprint density at radius 1 is 1.23 bits per heavy atom. The largest absolute Gasteiger partial charge is 0.451 e. The molecule has 2 rings (SSSR count). The number of nitrogens with two attached hydrogens (primary N) is 1. The first kappa shape index (κ1) is 17.1. The predicted octanol–water partition coefficient (Wildman–Crippen LogP) is 1.13. The van der Waals surface area contributed by atoms with Crippen molar-refractivity contribution in [3.63, 3.8) is 0 Å². The third kappa shape index (κ3) is 5.17. The highest BCUT2D eigenvalue weighted by atomic mass is 79.9. The van der Waals surface area contributed by atoms with Gasteiger partial charge in [0, 0.05) is 4.47 Å². The molecule has 9 heteroatoms. The quantitative estimate of drug-likeness (QED) is 0.476. The molecule has 0 aliphatic carbocycles. The molecule has 0 fully saturated rings. The second kappa shape index (κ2) is 8.37. The number of unbranched alkanes of at least 4 members (excludes halogenated alkanes) is 1. The molecule has 0 amide bonds. The van der Waals surface area contributed by atoms with E-state index in [4.69, 9.17) is 15.8 Å². The molecular formula is C13H19BBrN5O2. The van der Waals surface area contributed by atoms with E-state index in [1.165, 1.54) is 0 Å². The molecule has 0 saturated carbocycles. The molecule has 22 heavy (non-hydrogen) atoms. The van der Waals surface area contributed by atoms with Crippen molar-refractivity contribution in [2.45, 2.75) is 38.2 Å². The highest BCUT2D eigenvalue weighted by Gasteiger charge is 2.15. The Bertz CT molecular complexity index is 578. The topological polar surface area (TPSA) is 110 Å². The van der Waals surface area contributed by atoms with Crippen molar-refractivity contribution in [1.82, 2.24) is 20.2 Å². The molecule has 1 heterocycles. The number of halogens is 1. The van der Waals surface area contributed by atoms with E-state index in [9.17, 15) is 0 Å². The van der Waals surface area contributed by atoms with Gasteiger partial charge in [-0.1, -0.05) is 40.9 Å². The molecule has 7 nitrogen and oxygen atoms in total. The molecule has 1 aromatic heterocycles. The number of hydrogen-bond donors (Lipinski definition) is 3. The van der Waals surface area contributed by atoms with Crippen LogP contribution in [0.1, 0.15) is 36.7 Å². The smallest absolute Gasteiger partial charge is 0.427 e. The van der Waals surface area contributed by atoms with Crippen molar-refractivity contribution in [1.29, 1.82) is 0 Å².